The number of carbonyl (C=O) groups excluding carboxylic acids is 2. The lowest BCUT2D eigenvalue weighted by atomic mass is 10.1. The van der Waals surface area contributed by atoms with Crippen LogP contribution < -0.4 is 0 Å². The first-order valence-electron chi connectivity index (χ1n) is 9.63. The highest BCUT2D eigenvalue weighted by molar-refractivity contribution is 6.17. The predicted molar refractivity (Wildman–Crippen MR) is 103 cm³/mol. The van der Waals surface area contributed by atoms with Crippen molar-refractivity contribution in [2.24, 2.45) is 5.92 Å². The van der Waals surface area contributed by atoms with Crippen LogP contribution in [0.15, 0.2) is 12.2 Å². The number of rotatable bonds is 16. The van der Waals surface area contributed by atoms with Gasteiger partial charge in [-0.15, -0.1) is 11.6 Å². The predicted octanol–water partition coefficient (Wildman–Crippen LogP) is 5.42. The van der Waals surface area contributed by atoms with E-state index in [1.807, 2.05) is 0 Å². The quantitative estimate of drug-likeness (QED) is 0.156. The Labute approximate surface area is 158 Å². The molecule has 0 saturated carbocycles. The van der Waals surface area contributed by atoms with Gasteiger partial charge in [0.15, 0.2) is 0 Å². The zero-order valence-electron chi connectivity index (χ0n) is 15.9. The Morgan fingerprint density at radius 2 is 1.20 bits per heavy atom. The summed E-state index contributed by atoms with van der Waals surface area (Å²) in [6.45, 7) is 5.04. The van der Waals surface area contributed by atoms with Crippen molar-refractivity contribution in [3.63, 3.8) is 0 Å². The maximum Gasteiger partial charge on any atom is 0.331 e. The third-order valence-electron chi connectivity index (χ3n) is 3.80. The summed E-state index contributed by atoms with van der Waals surface area (Å²) < 4.78 is 10.1. The average molecular weight is 375 g/mol. The van der Waals surface area contributed by atoms with Gasteiger partial charge in [0.25, 0.3) is 0 Å². The maximum absolute atomic E-state index is 11.5. The molecule has 0 spiro atoms. The molecule has 0 aromatic carbocycles. The minimum Gasteiger partial charge on any atom is -0.463 e. The van der Waals surface area contributed by atoms with Gasteiger partial charge < -0.3 is 9.47 Å². The van der Waals surface area contributed by atoms with Crippen LogP contribution in [0.25, 0.3) is 0 Å². The summed E-state index contributed by atoms with van der Waals surface area (Å²) in [5.74, 6) is 0.380. The molecule has 0 aliphatic heterocycles. The first-order chi connectivity index (χ1) is 12.1. The summed E-state index contributed by atoms with van der Waals surface area (Å²) in [6.07, 6.45) is 13.3. The molecular weight excluding hydrogens is 340 g/mol. The van der Waals surface area contributed by atoms with Crippen molar-refractivity contribution >= 4 is 23.5 Å². The van der Waals surface area contributed by atoms with E-state index in [1.165, 1.54) is 25.7 Å². The maximum atomic E-state index is 11.5. The van der Waals surface area contributed by atoms with Crippen LogP contribution in [-0.4, -0.2) is 31.0 Å². The third kappa shape index (κ3) is 19.1. The summed E-state index contributed by atoms with van der Waals surface area (Å²) >= 11 is 5.63. The van der Waals surface area contributed by atoms with Crippen LogP contribution in [0.1, 0.15) is 78.1 Å². The van der Waals surface area contributed by atoms with Crippen LogP contribution in [0.4, 0.5) is 0 Å². The van der Waals surface area contributed by atoms with Crippen LogP contribution >= 0.6 is 11.6 Å². The average Bonchev–Trinajstić information content (AvgIpc) is 2.58. The zero-order chi connectivity index (χ0) is 18.8. The van der Waals surface area contributed by atoms with Gasteiger partial charge in [0.2, 0.25) is 0 Å². The second kappa shape index (κ2) is 17.8. The molecule has 4 nitrogen and oxygen atoms in total. The highest BCUT2D eigenvalue weighted by Gasteiger charge is 2.02. The van der Waals surface area contributed by atoms with Crippen molar-refractivity contribution in [2.75, 3.05) is 19.1 Å². The molecule has 0 aliphatic rings. The fourth-order valence-corrected chi connectivity index (χ4v) is 2.52. The van der Waals surface area contributed by atoms with E-state index in [2.05, 4.69) is 13.8 Å². The first kappa shape index (κ1) is 24.0. The molecule has 0 aromatic rings. The van der Waals surface area contributed by atoms with Gasteiger partial charge in [-0.25, -0.2) is 9.59 Å². The first-order valence-corrected chi connectivity index (χ1v) is 10.2. The molecule has 25 heavy (non-hydrogen) atoms. The molecule has 0 saturated heterocycles. The molecule has 0 amide bonds. The number of hydrogen-bond donors (Lipinski definition) is 0. The number of hydrogen-bond acceptors (Lipinski definition) is 4. The largest absolute Gasteiger partial charge is 0.463 e. The minimum atomic E-state index is -0.491. The molecule has 0 aromatic heterocycles. The summed E-state index contributed by atoms with van der Waals surface area (Å²) in [5, 5.41) is 0. The van der Waals surface area contributed by atoms with Crippen LogP contribution in [-0.2, 0) is 19.1 Å². The highest BCUT2D eigenvalue weighted by Crippen LogP contribution is 2.09. The zero-order valence-corrected chi connectivity index (χ0v) is 16.7. The fourth-order valence-electron chi connectivity index (χ4n) is 2.33. The molecule has 0 N–H and O–H groups in total. The number of esters is 2. The third-order valence-corrected chi connectivity index (χ3v) is 4.07. The Morgan fingerprint density at radius 1 is 0.760 bits per heavy atom. The SMILES string of the molecule is CC(C)CCCOC(=O)/C=C/C(=O)OCCCCCCCCCCCl. The Hall–Kier alpha value is -1.03. The minimum absolute atomic E-state index is 0.391. The molecule has 0 bridgehead atoms. The second-order valence-corrected chi connectivity index (χ2v) is 7.10. The van der Waals surface area contributed by atoms with E-state index >= 15 is 0 Å². The van der Waals surface area contributed by atoms with Crippen molar-refractivity contribution in [1.29, 1.82) is 0 Å². The van der Waals surface area contributed by atoms with Crippen molar-refractivity contribution in [3.8, 4) is 0 Å². The fraction of sp³-hybridized carbons (Fsp3) is 0.800. The number of ether oxygens (including phenoxy) is 2. The number of halogens is 1. The van der Waals surface area contributed by atoms with Gasteiger partial charge in [-0.05, 0) is 31.6 Å². The smallest absolute Gasteiger partial charge is 0.331 e. The van der Waals surface area contributed by atoms with Crippen molar-refractivity contribution in [2.45, 2.75) is 78.1 Å². The number of unbranched alkanes of at least 4 members (excludes halogenated alkanes) is 7. The Bertz CT molecular complexity index is 367. The highest BCUT2D eigenvalue weighted by atomic mass is 35.5. The summed E-state index contributed by atoms with van der Waals surface area (Å²) in [5.41, 5.74) is 0. The number of alkyl halides is 1. The van der Waals surface area contributed by atoms with Crippen molar-refractivity contribution in [1.82, 2.24) is 0 Å². The summed E-state index contributed by atoms with van der Waals surface area (Å²) in [4.78, 5) is 22.9. The lowest BCUT2D eigenvalue weighted by molar-refractivity contribution is -0.140. The Morgan fingerprint density at radius 3 is 1.68 bits per heavy atom. The van der Waals surface area contributed by atoms with Crippen LogP contribution in [0, 0.1) is 5.92 Å². The number of carbonyl (C=O) groups is 2. The summed E-state index contributed by atoms with van der Waals surface area (Å²) in [7, 11) is 0. The monoisotopic (exact) mass is 374 g/mol. The van der Waals surface area contributed by atoms with Gasteiger partial charge in [-0.1, -0.05) is 52.4 Å². The molecule has 0 radical (unpaired) electrons. The molecule has 5 heteroatoms. The van der Waals surface area contributed by atoms with E-state index in [1.54, 1.807) is 0 Å². The van der Waals surface area contributed by atoms with Gasteiger partial charge in [0.1, 0.15) is 0 Å². The Kier molecular flexibility index (Phi) is 17.0. The molecule has 0 fully saturated rings. The Balaban J connectivity index is 3.46. The second-order valence-electron chi connectivity index (χ2n) is 6.72. The van der Waals surface area contributed by atoms with Crippen LogP contribution in [0.3, 0.4) is 0 Å². The van der Waals surface area contributed by atoms with E-state index in [4.69, 9.17) is 21.1 Å². The lowest BCUT2D eigenvalue weighted by Crippen LogP contribution is -2.06. The van der Waals surface area contributed by atoms with E-state index in [0.29, 0.717) is 19.1 Å². The molecule has 0 unspecified atom stereocenters. The van der Waals surface area contributed by atoms with E-state index in [0.717, 1.165) is 56.6 Å². The van der Waals surface area contributed by atoms with Gasteiger partial charge in [-0.2, -0.15) is 0 Å². The van der Waals surface area contributed by atoms with Gasteiger partial charge in [0, 0.05) is 18.0 Å². The molecular formula is C20H35ClO4. The molecule has 0 aliphatic carbocycles. The molecule has 0 heterocycles. The lowest BCUT2D eigenvalue weighted by Gasteiger charge is -2.04. The van der Waals surface area contributed by atoms with Crippen LogP contribution in [0.2, 0.25) is 0 Å². The van der Waals surface area contributed by atoms with Gasteiger partial charge in [-0.3, -0.25) is 0 Å². The van der Waals surface area contributed by atoms with E-state index < -0.39 is 11.9 Å². The van der Waals surface area contributed by atoms with Crippen molar-refractivity contribution in [3.05, 3.63) is 12.2 Å². The molecule has 0 rings (SSSR count). The molecule has 146 valence electrons. The summed E-state index contributed by atoms with van der Waals surface area (Å²) in [6, 6.07) is 0. The van der Waals surface area contributed by atoms with E-state index in [-0.39, 0.29) is 0 Å². The topological polar surface area (TPSA) is 52.6 Å². The molecule has 0 atom stereocenters. The van der Waals surface area contributed by atoms with Crippen LogP contribution in [0.5, 0.6) is 0 Å². The van der Waals surface area contributed by atoms with E-state index in [9.17, 15) is 9.59 Å². The van der Waals surface area contributed by atoms with Gasteiger partial charge in [0.05, 0.1) is 13.2 Å². The van der Waals surface area contributed by atoms with Crippen molar-refractivity contribution < 1.29 is 19.1 Å². The normalized spacial score (nSPS) is 11.2. The standard InChI is InChI=1S/C20H35ClO4/c1-18(2)12-11-17-25-20(23)14-13-19(22)24-16-10-8-6-4-3-5-7-9-15-21/h13-14,18H,3-12,15-17H2,1-2H3/b14-13+. The van der Waals surface area contributed by atoms with Gasteiger partial charge >= 0.3 is 11.9 Å².